The van der Waals surface area contributed by atoms with E-state index in [2.05, 4.69) is 52.8 Å². The fraction of sp³-hybridized carbons (Fsp3) is 0.120. The number of fused-ring (bicyclic) bond motifs is 1. The van der Waals surface area contributed by atoms with Crippen molar-refractivity contribution in [1.29, 1.82) is 0 Å². The zero-order valence-electron chi connectivity index (χ0n) is 16.2. The second-order valence-electron chi connectivity index (χ2n) is 7.41. The lowest BCUT2D eigenvalue weighted by molar-refractivity contribution is -0.119. The quantitative estimate of drug-likeness (QED) is 0.446. The maximum absolute atomic E-state index is 12.2. The predicted molar refractivity (Wildman–Crippen MR) is 121 cm³/mol. The molecule has 1 fully saturated rings. The van der Waals surface area contributed by atoms with Crippen molar-refractivity contribution in [3.63, 3.8) is 0 Å². The number of thioether (sulfide) groups is 1. The number of aryl methyl sites for hydroxylation is 2. The Hall–Kier alpha value is -3.31. The van der Waals surface area contributed by atoms with Crippen LogP contribution in [0.5, 0.6) is 0 Å². The van der Waals surface area contributed by atoms with Gasteiger partial charge in [0.05, 0.1) is 0 Å². The van der Waals surface area contributed by atoms with Gasteiger partial charge >= 0.3 is 0 Å². The van der Waals surface area contributed by atoms with Gasteiger partial charge in [-0.05, 0) is 59.0 Å². The molecule has 2 N–H and O–H groups in total. The third-order valence-electron chi connectivity index (χ3n) is 5.49. The van der Waals surface area contributed by atoms with Crippen LogP contribution >= 0.6 is 11.8 Å². The number of amides is 2. The van der Waals surface area contributed by atoms with Crippen LogP contribution in [0.25, 0.3) is 22.2 Å². The first-order valence-electron chi connectivity index (χ1n) is 9.94. The standard InChI is InChI=1S/C25H20N2O2S/c28-24-23(30-25(29)27-24)18-12-14-21-20(15-18)19(13-11-16-7-3-1-4-8-16)22(26-21)17-9-5-2-6-10-17/h1-10,12,14-15,23,26H,11,13H2,(H,27,28,29). The van der Waals surface area contributed by atoms with Crippen LogP contribution in [-0.2, 0) is 17.6 Å². The fourth-order valence-electron chi connectivity index (χ4n) is 4.03. The lowest BCUT2D eigenvalue weighted by Crippen LogP contribution is -2.20. The van der Waals surface area contributed by atoms with Crippen LogP contribution in [0.3, 0.4) is 0 Å². The van der Waals surface area contributed by atoms with Crippen LogP contribution in [-0.4, -0.2) is 16.1 Å². The fourth-order valence-corrected chi connectivity index (χ4v) is 4.85. The molecule has 5 heteroatoms. The molecule has 0 bridgehead atoms. The van der Waals surface area contributed by atoms with Crippen molar-refractivity contribution >= 4 is 33.8 Å². The number of hydrogen-bond donors (Lipinski definition) is 2. The van der Waals surface area contributed by atoms with Gasteiger partial charge in [-0.3, -0.25) is 14.9 Å². The minimum Gasteiger partial charge on any atom is -0.354 e. The summed E-state index contributed by atoms with van der Waals surface area (Å²) in [6.07, 6.45) is 1.80. The number of benzene rings is 3. The van der Waals surface area contributed by atoms with E-state index in [1.807, 2.05) is 36.4 Å². The first kappa shape index (κ1) is 18.7. The Bertz CT molecular complexity index is 1230. The molecule has 5 rings (SSSR count). The molecule has 148 valence electrons. The van der Waals surface area contributed by atoms with E-state index in [4.69, 9.17) is 0 Å². The van der Waals surface area contributed by atoms with Gasteiger partial charge in [-0.15, -0.1) is 0 Å². The molecule has 1 atom stereocenters. The first-order chi connectivity index (χ1) is 14.7. The normalized spacial score (nSPS) is 16.2. The Kier molecular flexibility index (Phi) is 4.89. The Labute approximate surface area is 178 Å². The molecular weight excluding hydrogens is 392 g/mol. The van der Waals surface area contributed by atoms with Gasteiger partial charge in [0.2, 0.25) is 5.91 Å². The number of carbonyl (C=O) groups excluding carboxylic acids is 2. The van der Waals surface area contributed by atoms with E-state index in [1.54, 1.807) is 0 Å². The van der Waals surface area contributed by atoms with E-state index >= 15 is 0 Å². The molecule has 30 heavy (non-hydrogen) atoms. The number of rotatable bonds is 5. The largest absolute Gasteiger partial charge is 0.354 e. The summed E-state index contributed by atoms with van der Waals surface area (Å²) in [7, 11) is 0. The van der Waals surface area contributed by atoms with Gasteiger partial charge in [-0.25, -0.2) is 0 Å². The molecule has 2 heterocycles. The molecule has 0 aliphatic carbocycles. The van der Waals surface area contributed by atoms with Gasteiger partial charge < -0.3 is 4.98 Å². The second-order valence-corrected chi connectivity index (χ2v) is 8.49. The van der Waals surface area contributed by atoms with E-state index in [0.29, 0.717) is 0 Å². The highest BCUT2D eigenvalue weighted by molar-refractivity contribution is 8.15. The van der Waals surface area contributed by atoms with E-state index in [1.165, 1.54) is 11.1 Å². The van der Waals surface area contributed by atoms with E-state index < -0.39 is 5.25 Å². The molecule has 1 aliphatic heterocycles. The van der Waals surface area contributed by atoms with Gasteiger partial charge in [-0.2, -0.15) is 0 Å². The van der Waals surface area contributed by atoms with Crippen molar-refractivity contribution in [2.45, 2.75) is 18.1 Å². The summed E-state index contributed by atoms with van der Waals surface area (Å²) in [6, 6.07) is 26.8. The molecule has 4 nitrogen and oxygen atoms in total. The SMILES string of the molecule is O=C1NC(=O)C(c2ccc3[nH]c(-c4ccccc4)c(CCc4ccccc4)c3c2)S1. The molecule has 3 aromatic carbocycles. The van der Waals surface area contributed by atoms with Crippen LogP contribution in [0.4, 0.5) is 4.79 Å². The lowest BCUT2D eigenvalue weighted by Gasteiger charge is -2.08. The Morgan fingerprint density at radius 1 is 0.833 bits per heavy atom. The Morgan fingerprint density at radius 3 is 2.27 bits per heavy atom. The molecule has 4 aromatic rings. The molecule has 0 spiro atoms. The van der Waals surface area contributed by atoms with Crippen molar-refractivity contribution < 1.29 is 9.59 Å². The summed E-state index contributed by atoms with van der Waals surface area (Å²) < 4.78 is 0. The maximum atomic E-state index is 12.2. The maximum Gasteiger partial charge on any atom is 0.286 e. The number of imide groups is 1. The smallest absolute Gasteiger partial charge is 0.286 e. The zero-order valence-corrected chi connectivity index (χ0v) is 17.0. The summed E-state index contributed by atoms with van der Waals surface area (Å²) in [4.78, 5) is 27.4. The van der Waals surface area contributed by atoms with Crippen molar-refractivity contribution in [1.82, 2.24) is 10.3 Å². The van der Waals surface area contributed by atoms with Gasteiger partial charge in [0.1, 0.15) is 5.25 Å². The van der Waals surface area contributed by atoms with Gasteiger partial charge in [0.25, 0.3) is 5.24 Å². The zero-order chi connectivity index (χ0) is 20.5. The summed E-state index contributed by atoms with van der Waals surface area (Å²) in [6.45, 7) is 0. The molecule has 1 unspecified atom stereocenters. The lowest BCUT2D eigenvalue weighted by atomic mass is 9.97. The molecule has 0 saturated carbocycles. The number of H-pyrrole nitrogens is 1. The highest BCUT2D eigenvalue weighted by atomic mass is 32.2. The molecule has 1 aromatic heterocycles. The number of hydrogen-bond acceptors (Lipinski definition) is 3. The molecule has 2 amide bonds. The van der Waals surface area contributed by atoms with Crippen LogP contribution in [0, 0.1) is 0 Å². The van der Waals surface area contributed by atoms with Crippen LogP contribution in [0.2, 0.25) is 0 Å². The van der Waals surface area contributed by atoms with Crippen molar-refractivity contribution in [3.05, 3.63) is 95.6 Å². The van der Waals surface area contributed by atoms with Crippen molar-refractivity contribution in [2.75, 3.05) is 0 Å². The Morgan fingerprint density at radius 2 is 1.57 bits per heavy atom. The molecular formula is C25H20N2O2S. The molecule has 1 saturated heterocycles. The summed E-state index contributed by atoms with van der Waals surface area (Å²) in [5.74, 6) is -0.242. The van der Waals surface area contributed by atoms with Gasteiger partial charge in [0, 0.05) is 16.6 Å². The summed E-state index contributed by atoms with van der Waals surface area (Å²) in [5.41, 5.74) is 6.67. The minimum atomic E-state index is -0.487. The number of nitrogens with one attached hydrogen (secondary N) is 2. The van der Waals surface area contributed by atoms with E-state index in [9.17, 15) is 9.59 Å². The van der Waals surface area contributed by atoms with Crippen LogP contribution in [0.1, 0.15) is 21.9 Å². The number of aromatic nitrogens is 1. The first-order valence-corrected chi connectivity index (χ1v) is 10.8. The Balaban J connectivity index is 1.59. The highest BCUT2D eigenvalue weighted by Gasteiger charge is 2.33. The van der Waals surface area contributed by atoms with Crippen LogP contribution < -0.4 is 5.32 Å². The molecule has 0 radical (unpaired) electrons. The molecule has 1 aliphatic rings. The number of aromatic amines is 1. The third kappa shape index (κ3) is 3.53. The van der Waals surface area contributed by atoms with E-state index in [-0.39, 0.29) is 11.1 Å². The average Bonchev–Trinajstić information content (AvgIpc) is 3.32. The second kappa shape index (κ2) is 7.84. The summed E-state index contributed by atoms with van der Waals surface area (Å²) >= 11 is 1.04. The highest BCUT2D eigenvalue weighted by Crippen LogP contribution is 2.38. The monoisotopic (exact) mass is 412 g/mol. The summed E-state index contributed by atoms with van der Waals surface area (Å²) in [5, 5.41) is 2.72. The van der Waals surface area contributed by atoms with Crippen LogP contribution in [0.15, 0.2) is 78.9 Å². The van der Waals surface area contributed by atoms with Gasteiger partial charge in [0.15, 0.2) is 0 Å². The topological polar surface area (TPSA) is 62.0 Å². The van der Waals surface area contributed by atoms with E-state index in [0.717, 1.165) is 52.3 Å². The van der Waals surface area contributed by atoms with Crippen molar-refractivity contribution in [3.8, 4) is 11.3 Å². The number of carbonyl (C=O) groups is 2. The third-order valence-corrected chi connectivity index (χ3v) is 6.53. The van der Waals surface area contributed by atoms with Crippen molar-refractivity contribution in [2.24, 2.45) is 0 Å². The minimum absolute atomic E-state index is 0.242. The van der Waals surface area contributed by atoms with Gasteiger partial charge in [-0.1, -0.05) is 66.7 Å². The predicted octanol–water partition coefficient (Wildman–Crippen LogP) is 5.64. The average molecular weight is 413 g/mol.